The van der Waals surface area contributed by atoms with E-state index in [1.54, 1.807) is 0 Å². The largest absolute Gasteiger partial charge is 0.329 e. The smallest absolute Gasteiger partial charge is 0.0447 e. The number of hydrogen-bond donors (Lipinski definition) is 2. The first-order chi connectivity index (χ1) is 8.52. The third kappa shape index (κ3) is 5.03. The molecule has 0 bridgehead atoms. The van der Waals surface area contributed by atoms with Gasteiger partial charge in [0.1, 0.15) is 0 Å². The van der Waals surface area contributed by atoms with E-state index in [0.29, 0.717) is 12.5 Å². The van der Waals surface area contributed by atoms with E-state index in [0.717, 1.165) is 18.5 Å². The Morgan fingerprint density at radius 1 is 1.28 bits per heavy atom. The zero-order valence-corrected chi connectivity index (χ0v) is 11.9. The molecule has 0 saturated carbocycles. The van der Waals surface area contributed by atoms with Gasteiger partial charge in [-0.3, -0.25) is 0 Å². The molecule has 18 heavy (non-hydrogen) atoms. The summed E-state index contributed by atoms with van der Waals surface area (Å²) >= 11 is 0. The highest BCUT2D eigenvalue weighted by Crippen LogP contribution is 2.15. The number of benzene rings is 1. The molecule has 2 heteroatoms. The van der Waals surface area contributed by atoms with E-state index in [1.807, 2.05) is 6.92 Å². The van der Waals surface area contributed by atoms with Crippen molar-refractivity contribution in [2.24, 2.45) is 11.7 Å². The van der Waals surface area contributed by atoms with E-state index in [-0.39, 0.29) is 6.04 Å². The summed E-state index contributed by atoms with van der Waals surface area (Å²) in [7, 11) is 0. The van der Waals surface area contributed by atoms with Crippen molar-refractivity contribution in [3.8, 4) is 0 Å². The summed E-state index contributed by atoms with van der Waals surface area (Å²) in [6, 6.07) is 9.00. The van der Waals surface area contributed by atoms with Gasteiger partial charge >= 0.3 is 0 Å². The molecule has 0 amide bonds. The van der Waals surface area contributed by atoms with Crippen molar-refractivity contribution in [2.75, 3.05) is 13.1 Å². The van der Waals surface area contributed by atoms with Crippen molar-refractivity contribution in [3.63, 3.8) is 0 Å². The molecular formula is C16H26N2. The Balaban J connectivity index is 2.66. The predicted molar refractivity (Wildman–Crippen MR) is 79.6 cm³/mol. The normalized spacial score (nSPS) is 12.7. The maximum absolute atomic E-state index is 5.82. The van der Waals surface area contributed by atoms with E-state index < -0.39 is 0 Å². The topological polar surface area (TPSA) is 38.0 Å². The lowest BCUT2D eigenvalue weighted by Gasteiger charge is -2.18. The lowest BCUT2D eigenvalue weighted by atomic mass is 9.99. The van der Waals surface area contributed by atoms with Gasteiger partial charge in [-0.2, -0.15) is 0 Å². The molecule has 0 radical (unpaired) electrons. The molecule has 3 N–H and O–H groups in total. The maximum Gasteiger partial charge on any atom is 0.0447 e. The fraction of sp³-hybridized carbons (Fsp3) is 0.500. The SMILES string of the molecule is C=C(C)CNC(CN)c1ccc(CC(C)C)cc1. The molecule has 0 fully saturated rings. The molecular weight excluding hydrogens is 220 g/mol. The summed E-state index contributed by atoms with van der Waals surface area (Å²) in [5, 5.41) is 3.42. The average molecular weight is 246 g/mol. The van der Waals surface area contributed by atoms with Crippen LogP contribution in [0.3, 0.4) is 0 Å². The zero-order chi connectivity index (χ0) is 13.5. The number of nitrogens with one attached hydrogen (secondary N) is 1. The average Bonchev–Trinajstić information content (AvgIpc) is 2.31. The number of rotatable bonds is 7. The minimum atomic E-state index is 0.217. The summed E-state index contributed by atoms with van der Waals surface area (Å²) in [4.78, 5) is 0. The van der Waals surface area contributed by atoms with Crippen LogP contribution >= 0.6 is 0 Å². The molecule has 1 aromatic carbocycles. The highest BCUT2D eigenvalue weighted by Gasteiger charge is 2.08. The standard InChI is InChI=1S/C16H26N2/c1-12(2)9-14-5-7-15(8-6-14)16(10-17)18-11-13(3)4/h5-8,12,16,18H,3,9-11,17H2,1-2,4H3. The van der Waals surface area contributed by atoms with Gasteiger partial charge in [-0.15, -0.1) is 0 Å². The first-order valence-electron chi connectivity index (χ1n) is 6.69. The first kappa shape index (κ1) is 14.9. The second-order valence-corrected chi connectivity index (χ2v) is 5.47. The van der Waals surface area contributed by atoms with Gasteiger partial charge in [0.2, 0.25) is 0 Å². The Kier molecular flexibility index (Phi) is 6.10. The molecule has 1 aromatic rings. The van der Waals surface area contributed by atoms with Crippen molar-refractivity contribution in [1.29, 1.82) is 0 Å². The van der Waals surface area contributed by atoms with Crippen molar-refractivity contribution in [2.45, 2.75) is 33.2 Å². The van der Waals surface area contributed by atoms with E-state index >= 15 is 0 Å². The monoisotopic (exact) mass is 246 g/mol. The van der Waals surface area contributed by atoms with Crippen LogP contribution in [0.5, 0.6) is 0 Å². The Morgan fingerprint density at radius 2 is 1.89 bits per heavy atom. The van der Waals surface area contributed by atoms with Crippen LogP contribution in [0.25, 0.3) is 0 Å². The maximum atomic E-state index is 5.82. The van der Waals surface area contributed by atoms with Gasteiger partial charge in [-0.05, 0) is 30.4 Å². The van der Waals surface area contributed by atoms with Crippen LogP contribution < -0.4 is 11.1 Å². The summed E-state index contributed by atoms with van der Waals surface area (Å²) in [5.74, 6) is 0.697. The van der Waals surface area contributed by atoms with Gasteiger partial charge in [0.05, 0.1) is 0 Å². The van der Waals surface area contributed by atoms with Gasteiger partial charge in [0.25, 0.3) is 0 Å². The highest BCUT2D eigenvalue weighted by molar-refractivity contribution is 5.25. The second kappa shape index (κ2) is 7.34. The van der Waals surface area contributed by atoms with Crippen molar-refractivity contribution < 1.29 is 0 Å². The summed E-state index contributed by atoms with van der Waals surface area (Å²) in [5.41, 5.74) is 9.60. The Bertz CT molecular complexity index is 365. The third-order valence-electron chi connectivity index (χ3n) is 2.91. The Labute approximate surface area is 111 Å². The van der Waals surface area contributed by atoms with Crippen LogP contribution in [0.4, 0.5) is 0 Å². The predicted octanol–water partition coefficient (Wildman–Crippen LogP) is 3.05. The lowest BCUT2D eigenvalue weighted by molar-refractivity contribution is 0.569. The molecule has 0 heterocycles. The minimum Gasteiger partial charge on any atom is -0.329 e. The fourth-order valence-corrected chi connectivity index (χ4v) is 1.99. The summed E-state index contributed by atoms with van der Waals surface area (Å²) in [6.45, 7) is 11.8. The van der Waals surface area contributed by atoms with Crippen LogP contribution in [0.2, 0.25) is 0 Å². The van der Waals surface area contributed by atoms with Crippen LogP contribution in [0.15, 0.2) is 36.4 Å². The molecule has 1 atom stereocenters. The molecule has 0 aliphatic carbocycles. The second-order valence-electron chi connectivity index (χ2n) is 5.47. The van der Waals surface area contributed by atoms with E-state index in [2.05, 4.69) is 50.0 Å². The lowest BCUT2D eigenvalue weighted by Crippen LogP contribution is -2.29. The molecule has 1 unspecified atom stereocenters. The van der Waals surface area contributed by atoms with E-state index in [1.165, 1.54) is 11.1 Å². The van der Waals surface area contributed by atoms with Crippen LogP contribution in [0.1, 0.15) is 37.9 Å². The number of nitrogens with two attached hydrogens (primary N) is 1. The van der Waals surface area contributed by atoms with Gasteiger partial charge in [-0.25, -0.2) is 0 Å². The quantitative estimate of drug-likeness (QED) is 0.726. The van der Waals surface area contributed by atoms with Gasteiger partial charge in [0, 0.05) is 19.1 Å². The molecule has 1 rings (SSSR count). The molecule has 0 aliphatic rings. The molecule has 0 saturated heterocycles. The molecule has 0 aliphatic heterocycles. The number of hydrogen-bond acceptors (Lipinski definition) is 2. The third-order valence-corrected chi connectivity index (χ3v) is 2.91. The van der Waals surface area contributed by atoms with Crippen LogP contribution in [-0.2, 0) is 6.42 Å². The molecule has 2 nitrogen and oxygen atoms in total. The van der Waals surface area contributed by atoms with Crippen molar-refractivity contribution in [1.82, 2.24) is 5.32 Å². The first-order valence-corrected chi connectivity index (χ1v) is 6.69. The van der Waals surface area contributed by atoms with Gasteiger partial charge in [0.15, 0.2) is 0 Å². The van der Waals surface area contributed by atoms with Crippen molar-refractivity contribution >= 4 is 0 Å². The Morgan fingerprint density at radius 3 is 2.33 bits per heavy atom. The zero-order valence-electron chi connectivity index (χ0n) is 11.9. The van der Waals surface area contributed by atoms with Crippen molar-refractivity contribution in [3.05, 3.63) is 47.5 Å². The van der Waals surface area contributed by atoms with Crippen LogP contribution in [0, 0.1) is 5.92 Å². The molecule has 0 aromatic heterocycles. The Hall–Kier alpha value is -1.12. The van der Waals surface area contributed by atoms with Gasteiger partial charge < -0.3 is 11.1 Å². The van der Waals surface area contributed by atoms with Crippen LogP contribution in [-0.4, -0.2) is 13.1 Å². The van der Waals surface area contributed by atoms with Gasteiger partial charge in [-0.1, -0.05) is 50.3 Å². The molecule has 100 valence electrons. The highest BCUT2D eigenvalue weighted by atomic mass is 14.9. The van der Waals surface area contributed by atoms with E-state index in [9.17, 15) is 0 Å². The summed E-state index contributed by atoms with van der Waals surface area (Å²) in [6.07, 6.45) is 1.13. The fourth-order valence-electron chi connectivity index (χ4n) is 1.99. The van der Waals surface area contributed by atoms with E-state index in [4.69, 9.17) is 5.73 Å². The molecule has 0 spiro atoms. The summed E-state index contributed by atoms with van der Waals surface area (Å²) < 4.78 is 0. The minimum absolute atomic E-state index is 0.217.